The van der Waals surface area contributed by atoms with Crippen LogP contribution in [-0.4, -0.2) is 29.0 Å². The lowest BCUT2D eigenvalue weighted by molar-refractivity contribution is -0.124. The zero-order chi connectivity index (χ0) is 18.7. The van der Waals surface area contributed by atoms with E-state index >= 15 is 0 Å². The highest BCUT2D eigenvalue weighted by Gasteiger charge is 2.42. The Morgan fingerprint density at radius 1 is 1.12 bits per heavy atom. The molecule has 2 unspecified atom stereocenters. The molecule has 1 aliphatic carbocycles. The van der Waals surface area contributed by atoms with Crippen LogP contribution in [0.25, 0.3) is 0 Å². The number of amides is 1. The Kier molecular flexibility index (Phi) is 5.26. The number of nitrogens with zero attached hydrogens (tertiary/aromatic N) is 1. The smallest absolute Gasteiger partial charge is 0.269 e. The van der Waals surface area contributed by atoms with Gasteiger partial charge < -0.3 is 5.32 Å². The number of ketones is 2. The molecule has 5 heteroatoms. The zero-order valence-electron chi connectivity index (χ0n) is 15.0. The number of hydrogen-bond donors (Lipinski definition) is 1. The number of carbonyl (C=O) groups is 3. The van der Waals surface area contributed by atoms with Crippen LogP contribution in [0.1, 0.15) is 45.9 Å². The molecule has 1 amide bonds. The third-order valence-electron chi connectivity index (χ3n) is 4.96. The van der Waals surface area contributed by atoms with Crippen molar-refractivity contribution in [3.05, 3.63) is 65.0 Å². The number of hydrogen-bond acceptors (Lipinski definition) is 4. The summed E-state index contributed by atoms with van der Waals surface area (Å²) in [6.07, 6.45) is 2.27. The quantitative estimate of drug-likeness (QED) is 0.841. The summed E-state index contributed by atoms with van der Waals surface area (Å²) in [5.74, 6) is -1.31. The second-order valence-corrected chi connectivity index (χ2v) is 6.77. The van der Waals surface area contributed by atoms with Crippen LogP contribution in [-0.2, 0) is 9.59 Å². The highest BCUT2D eigenvalue weighted by molar-refractivity contribution is 6.15. The van der Waals surface area contributed by atoms with Crippen molar-refractivity contribution < 1.29 is 14.4 Å². The van der Waals surface area contributed by atoms with E-state index in [1.807, 2.05) is 32.0 Å². The Balaban J connectivity index is 1.63. The van der Waals surface area contributed by atoms with Crippen molar-refractivity contribution in [2.24, 2.45) is 5.92 Å². The maximum Gasteiger partial charge on any atom is 0.269 e. The first-order valence-electron chi connectivity index (χ1n) is 8.81. The molecule has 26 heavy (non-hydrogen) atoms. The third kappa shape index (κ3) is 3.57. The average Bonchev–Trinajstić information content (AvgIpc) is 2.90. The van der Waals surface area contributed by atoms with Gasteiger partial charge in [-0.1, -0.05) is 24.3 Å². The highest BCUT2D eigenvalue weighted by atomic mass is 16.2. The van der Waals surface area contributed by atoms with Crippen molar-refractivity contribution in [3.63, 3.8) is 0 Å². The minimum Gasteiger partial charge on any atom is -0.351 e. The largest absolute Gasteiger partial charge is 0.351 e. The number of nitrogens with one attached hydrogen (secondary N) is 1. The third-order valence-corrected chi connectivity index (χ3v) is 4.96. The summed E-state index contributed by atoms with van der Waals surface area (Å²) >= 11 is 0. The van der Waals surface area contributed by atoms with E-state index in [1.54, 1.807) is 24.4 Å². The number of carbonyl (C=O) groups excluding carboxylic acids is 3. The maximum absolute atomic E-state index is 12.8. The van der Waals surface area contributed by atoms with Crippen LogP contribution < -0.4 is 5.32 Å². The molecule has 2 aromatic rings. The maximum atomic E-state index is 12.8. The van der Waals surface area contributed by atoms with Crippen molar-refractivity contribution in [1.82, 2.24) is 10.3 Å². The van der Waals surface area contributed by atoms with Gasteiger partial charge in [0.05, 0.1) is 0 Å². The number of aryl methyl sites for hydroxylation is 2. The van der Waals surface area contributed by atoms with E-state index in [1.165, 1.54) is 0 Å². The van der Waals surface area contributed by atoms with Gasteiger partial charge in [-0.15, -0.1) is 0 Å². The topological polar surface area (TPSA) is 76.1 Å². The molecule has 3 rings (SSSR count). The van der Waals surface area contributed by atoms with Gasteiger partial charge in [-0.05, 0) is 49.1 Å². The molecule has 134 valence electrons. The van der Waals surface area contributed by atoms with Gasteiger partial charge in [0, 0.05) is 25.1 Å². The Bertz CT molecular complexity index is 825. The van der Waals surface area contributed by atoms with E-state index in [0.717, 1.165) is 16.7 Å². The highest BCUT2D eigenvalue weighted by Crippen LogP contribution is 2.36. The van der Waals surface area contributed by atoms with Crippen molar-refractivity contribution in [1.29, 1.82) is 0 Å². The van der Waals surface area contributed by atoms with Crippen LogP contribution in [0.15, 0.2) is 42.6 Å². The van der Waals surface area contributed by atoms with Gasteiger partial charge in [-0.2, -0.15) is 0 Å². The van der Waals surface area contributed by atoms with Crippen molar-refractivity contribution in [2.45, 2.75) is 32.6 Å². The number of rotatable bonds is 5. The summed E-state index contributed by atoms with van der Waals surface area (Å²) in [7, 11) is 0. The molecule has 1 aliphatic rings. The van der Waals surface area contributed by atoms with E-state index < -0.39 is 5.92 Å². The van der Waals surface area contributed by atoms with Crippen molar-refractivity contribution >= 4 is 17.5 Å². The number of pyridine rings is 1. The summed E-state index contributed by atoms with van der Waals surface area (Å²) in [4.78, 5) is 41.3. The van der Waals surface area contributed by atoms with Crippen LogP contribution >= 0.6 is 0 Å². The summed E-state index contributed by atoms with van der Waals surface area (Å²) in [5.41, 5.74) is 3.14. The fourth-order valence-corrected chi connectivity index (χ4v) is 3.63. The first-order valence-corrected chi connectivity index (χ1v) is 8.81. The molecule has 0 saturated heterocycles. The monoisotopic (exact) mass is 350 g/mol. The molecule has 2 atom stereocenters. The second-order valence-electron chi connectivity index (χ2n) is 6.77. The normalized spacial score (nSPS) is 19.6. The molecule has 5 nitrogen and oxygen atoms in total. The molecule has 1 fully saturated rings. The lowest BCUT2D eigenvalue weighted by atomic mass is 9.87. The minimum absolute atomic E-state index is 0.0200. The molecular weight excluding hydrogens is 328 g/mol. The van der Waals surface area contributed by atoms with Gasteiger partial charge in [-0.3, -0.25) is 19.4 Å². The summed E-state index contributed by atoms with van der Waals surface area (Å²) in [5, 5.41) is 2.77. The fraction of sp³-hybridized carbons (Fsp3) is 0.333. The number of Topliss-reactive ketones (excluding diaryl/α,β-unsaturated/α-hetero) is 2. The van der Waals surface area contributed by atoms with E-state index in [-0.39, 0.29) is 29.8 Å². The molecular formula is C21H22N2O3. The predicted octanol–water partition coefficient (Wildman–Crippen LogP) is 2.76. The molecule has 1 saturated carbocycles. The van der Waals surface area contributed by atoms with Crippen LogP contribution in [0.4, 0.5) is 0 Å². The average molecular weight is 350 g/mol. The van der Waals surface area contributed by atoms with Crippen LogP contribution in [0, 0.1) is 19.8 Å². The number of aromatic nitrogens is 1. The lowest BCUT2D eigenvalue weighted by Crippen LogP contribution is -2.27. The molecule has 1 heterocycles. The summed E-state index contributed by atoms with van der Waals surface area (Å²) in [6, 6.07) is 10.9. The molecule has 0 radical (unpaired) electrons. The Labute approximate surface area is 152 Å². The first-order chi connectivity index (χ1) is 12.5. The Morgan fingerprint density at radius 2 is 1.85 bits per heavy atom. The number of benzene rings is 1. The van der Waals surface area contributed by atoms with Gasteiger partial charge in [0.15, 0.2) is 5.78 Å². The Hall–Kier alpha value is -2.82. The summed E-state index contributed by atoms with van der Waals surface area (Å²) in [6.45, 7) is 4.21. The second kappa shape index (κ2) is 7.60. The van der Waals surface area contributed by atoms with Gasteiger partial charge in [0.25, 0.3) is 5.91 Å². The molecule has 1 aromatic carbocycles. The molecule has 0 bridgehead atoms. The van der Waals surface area contributed by atoms with E-state index in [4.69, 9.17) is 0 Å². The first kappa shape index (κ1) is 18.0. The fourth-order valence-electron chi connectivity index (χ4n) is 3.63. The minimum atomic E-state index is -0.660. The standard InChI is InChI=1S/C21H22N2O3/c1-13-6-5-7-14(2)18(13)19-17(24)12-15(20(19)25)9-11-23-21(26)16-8-3-4-10-22-16/h3-8,10,15,19H,9,11-12H2,1-2H3,(H,23,26). The van der Waals surface area contributed by atoms with Gasteiger partial charge in [-0.25, -0.2) is 0 Å². The Morgan fingerprint density at radius 3 is 2.50 bits per heavy atom. The van der Waals surface area contributed by atoms with Crippen LogP contribution in [0.2, 0.25) is 0 Å². The zero-order valence-corrected chi connectivity index (χ0v) is 15.0. The van der Waals surface area contributed by atoms with Crippen LogP contribution in [0.5, 0.6) is 0 Å². The van der Waals surface area contributed by atoms with Gasteiger partial charge >= 0.3 is 0 Å². The lowest BCUT2D eigenvalue weighted by Gasteiger charge is -2.15. The van der Waals surface area contributed by atoms with E-state index in [9.17, 15) is 14.4 Å². The van der Waals surface area contributed by atoms with Crippen LogP contribution in [0.3, 0.4) is 0 Å². The molecule has 1 aromatic heterocycles. The SMILES string of the molecule is Cc1cccc(C)c1C1C(=O)CC(CCNC(=O)c2ccccn2)C1=O. The van der Waals surface area contributed by atoms with Crippen molar-refractivity contribution in [2.75, 3.05) is 6.54 Å². The molecule has 0 spiro atoms. The predicted molar refractivity (Wildman–Crippen MR) is 98.0 cm³/mol. The molecule has 1 N–H and O–H groups in total. The molecule has 0 aliphatic heterocycles. The van der Waals surface area contributed by atoms with E-state index in [0.29, 0.717) is 18.7 Å². The van der Waals surface area contributed by atoms with Crippen molar-refractivity contribution in [3.8, 4) is 0 Å². The summed E-state index contributed by atoms with van der Waals surface area (Å²) < 4.78 is 0. The van der Waals surface area contributed by atoms with E-state index in [2.05, 4.69) is 10.3 Å². The van der Waals surface area contributed by atoms with Gasteiger partial charge in [0.1, 0.15) is 17.4 Å². The van der Waals surface area contributed by atoms with Gasteiger partial charge in [0.2, 0.25) is 0 Å².